The van der Waals surface area contributed by atoms with Gasteiger partial charge in [-0.3, -0.25) is 0 Å². The van der Waals surface area contributed by atoms with Crippen LogP contribution in [0.5, 0.6) is 0 Å². The van der Waals surface area contributed by atoms with Gasteiger partial charge in [-0.2, -0.15) is 4.98 Å². The molecule has 2 aromatic rings. The zero-order chi connectivity index (χ0) is 12.8. The van der Waals surface area contributed by atoms with E-state index in [9.17, 15) is 0 Å². The summed E-state index contributed by atoms with van der Waals surface area (Å²) in [6, 6.07) is 2.80. The summed E-state index contributed by atoms with van der Waals surface area (Å²) in [4.78, 5) is 12.4. The Morgan fingerprint density at radius 1 is 1.21 bits per heavy atom. The molecule has 100 valence electrons. The highest BCUT2D eigenvalue weighted by molar-refractivity contribution is 7.16. The number of piperidine rings is 1. The van der Waals surface area contributed by atoms with Gasteiger partial charge in [0.05, 0.1) is 5.39 Å². The maximum absolute atomic E-state index is 5.89. The summed E-state index contributed by atoms with van der Waals surface area (Å²) in [5.74, 6) is 2.34. The van der Waals surface area contributed by atoms with Crippen molar-refractivity contribution in [3.05, 3.63) is 11.4 Å². The van der Waals surface area contributed by atoms with Crippen molar-refractivity contribution >= 4 is 33.3 Å². The molecule has 19 heavy (non-hydrogen) atoms. The number of anilines is 2. The fourth-order valence-corrected chi connectivity index (χ4v) is 4.56. The largest absolute Gasteiger partial charge is 0.368 e. The molecule has 1 saturated carbocycles. The predicted molar refractivity (Wildman–Crippen MR) is 79.5 cm³/mol. The van der Waals surface area contributed by atoms with Crippen molar-refractivity contribution in [1.29, 1.82) is 0 Å². The maximum Gasteiger partial charge on any atom is 0.223 e. The summed E-state index contributed by atoms with van der Waals surface area (Å²) in [5.41, 5.74) is 5.89. The third-order valence-electron chi connectivity index (χ3n) is 4.59. The number of hydrogen-bond donors (Lipinski definition) is 1. The van der Waals surface area contributed by atoms with Gasteiger partial charge in [-0.25, -0.2) is 4.98 Å². The molecule has 0 bridgehead atoms. The van der Waals surface area contributed by atoms with Crippen LogP contribution < -0.4 is 10.6 Å². The minimum atomic E-state index is 0.407. The lowest BCUT2D eigenvalue weighted by Crippen LogP contribution is -2.43. The van der Waals surface area contributed by atoms with Crippen molar-refractivity contribution in [3.63, 3.8) is 0 Å². The number of fused-ring (bicyclic) bond motifs is 2. The van der Waals surface area contributed by atoms with Gasteiger partial charge in [0.1, 0.15) is 10.6 Å². The third-order valence-corrected chi connectivity index (χ3v) is 5.39. The molecule has 0 amide bonds. The van der Waals surface area contributed by atoms with Crippen molar-refractivity contribution in [3.8, 4) is 0 Å². The fraction of sp³-hybridized carbons (Fsp3) is 0.571. The molecule has 0 spiro atoms. The van der Waals surface area contributed by atoms with Crippen LogP contribution >= 0.6 is 11.3 Å². The van der Waals surface area contributed by atoms with Crippen LogP contribution in [0.3, 0.4) is 0 Å². The molecule has 4 nitrogen and oxygen atoms in total. The number of thiophene rings is 1. The average molecular weight is 274 g/mol. The van der Waals surface area contributed by atoms with Gasteiger partial charge in [0.2, 0.25) is 5.95 Å². The van der Waals surface area contributed by atoms with Crippen LogP contribution in [-0.2, 0) is 0 Å². The highest BCUT2D eigenvalue weighted by Crippen LogP contribution is 2.40. The van der Waals surface area contributed by atoms with Gasteiger partial charge in [-0.05, 0) is 43.0 Å². The SMILES string of the molecule is Nc1nc(N2CCCC3CCCC32)c2ccsc2n1. The van der Waals surface area contributed by atoms with Gasteiger partial charge in [-0.15, -0.1) is 11.3 Å². The standard InChI is InChI=1S/C14H18N4S/c15-14-16-12(10-6-8-19-13(10)17-14)18-7-2-4-9-3-1-5-11(9)18/h6,8-9,11H,1-5,7H2,(H2,15,16,17). The van der Waals surface area contributed by atoms with Gasteiger partial charge in [0.15, 0.2) is 0 Å². The lowest BCUT2D eigenvalue weighted by Gasteiger charge is -2.38. The van der Waals surface area contributed by atoms with Crippen molar-refractivity contribution in [2.75, 3.05) is 17.2 Å². The summed E-state index contributed by atoms with van der Waals surface area (Å²) >= 11 is 1.65. The van der Waals surface area contributed by atoms with Gasteiger partial charge >= 0.3 is 0 Å². The van der Waals surface area contributed by atoms with Crippen LogP contribution in [0.15, 0.2) is 11.4 Å². The zero-order valence-corrected chi connectivity index (χ0v) is 11.7. The molecular weight excluding hydrogens is 256 g/mol. The molecule has 1 aliphatic heterocycles. The molecule has 4 rings (SSSR count). The number of aromatic nitrogens is 2. The molecule has 1 aliphatic carbocycles. The van der Waals surface area contributed by atoms with E-state index in [1.54, 1.807) is 11.3 Å². The summed E-state index contributed by atoms with van der Waals surface area (Å²) in [5, 5.41) is 3.25. The Labute approximate surface area is 116 Å². The summed E-state index contributed by atoms with van der Waals surface area (Å²) in [6.07, 6.45) is 6.71. The van der Waals surface area contributed by atoms with E-state index in [0.29, 0.717) is 12.0 Å². The molecule has 2 aromatic heterocycles. The molecule has 2 atom stereocenters. The van der Waals surface area contributed by atoms with Gasteiger partial charge in [0, 0.05) is 12.6 Å². The average Bonchev–Trinajstić information content (AvgIpc) is 3.04. The lowest BCUT2D eigenvalue weighted by molar-refractivity contribution is 0.361. The fourth-order valence-electron chi connectivity index (χ4n) is 3.79. The summed E-state index contributed by atoms with van der Waals surface area (Å²) in [7, 11) is 0. The Kier molecular flexibility index (Phi) is 2.62. The van der Waals surface area contributed by atoms with Crippen molar-refractivity contribution in [2.24, 2.45) is 5.92 Å². The molecule has 2 fully saturated rings. The smallest absolute Gasteiger partial charge is 0.223 e. The second kappa shape index (κ2) is 4.34. The first kappa shape index (κ1) is 11.5. The zero-order valence-electron chi connectivity index (χ0n) is 10.9. The van der Waals surface area contributed by atoms with E-state index >= 15 is 0 Å². The highest BCUT2D eigenvalue weighted by atomic mass is 32.1. The summed E-state index contributed by atoms with van der Waals surface area (Å²) in [6.45, 7) is 1.11. The first-order chi connectivity index (χ1) is 9.33. The Bertz CT molecular complexity index is 609. The number of rotatable bonds is 1. The molecule has 2 unspecified atom stereocenters. The Morgan fingerprint density at radius 2 is 2.11 bits per heavy atom. The number of nitrogens with zero attached hydrogens (tertiary/aromatic N) is 3. The Morgan fingerprint density at radius 3 is 3.05 bits per heavy atom. The topological polar surface area (TPSA) is 55.0 Å². The number of hydrogen-bond acceptors (Lipinski definition) is 5. The van der Waals surface area contributed by atoms with Crippen LogP contribution in [0.25, 0.3) is 10.2 Å². The van der Waals surface area contributed by atoms with Crippen LogP contribution in [0.1, 0.15) is 32.1 Å². The quantitative estimate of drug-likeness (QED) is 0.868. The Balaban J connectivity index is 1.82. The third kappa shape index (κ3) is 1.79. The first-order valence-corrected chi connectivity index (χ1v) is 7.98. The second-order valence-corrected chi connectivity index (χ2v) is 6.53. The van der Waals surface area contributed by atoms with E-state index in [2.05, 4.69) is 26.3 Å². The Hall–Kier alpha value is -1.36. The monoisotopic (exact) mass is 274 g/mol. The molecule has 5 heteroatoms. The first-order valence-electron chi connectivity index (χ1n) is 7.10. The second-order valence-electron chi connectivity index (χ2n) is 5.64. The molecule has 2 aliphatic rings. The van der Waals surface area contributed by atoms with Gasteiger partial charge < -0.3 is 10.6 Å². The molecule has 2 N–H and O–H groups in total. The van der Waals surface area contributed by atoms with Crippen molar-refractivity contribution < 1.29 is 0 Å². The molecule has 1 saturated heterocycles. The van der Waals surface area contributed by atoms with Crippen LogP contribution in [0.2, 0.25) is 0 Å². The van der Waals surface area contributed by atoms with Crippen LogP contribution in [-0.4, -0.2) is 22.6 Å². The van der Waals surface area contributed by atoms with Crippen LogP contribution in [0, 0.1) is 5.92 Å². The van der Waals surface area contributed by atoms with Crippen molar-refractivity contribution in [2.45, 2.75) is 38.1 Å². The molecule has 0 aromatic carbocycles. The number of nitrogen functional groups attached to an aromatic ring is 1. The van der Waals surface area contributed by atoms with E-state index in [1.165, 1.54) is 37.5 Å². The highest BCUT2D eigenvalue weighted by Gasteiger charge is 2.36. The van der Waals surface area contributed by atoms with E-state index < -0.39 is 0 Å². The van der Waals surface area contributed by atoms with Crippen molar-refractivity contribution in [1.82, 2.24) is 9.97 Å². The molecule has 0 radical (unpaired) electrons. The van der Waals surface area contributed by atoms with Gasteiger partial charge in [0.25, 0.3) is 0 Å². The van der Waals surface area contributed by atoms with Crippen LogP contribution in [0.4, 0.5) is 11.8 Å². The van der Waals surface area contributed by atoms with E-state index in [1.807, 2.05) is 0 Å². The minimum absolute atomic E-state index is 0.407. The predicted octanol–water partition coefficient (Wildman–Crippen LogP) is 3.04. The van der Waals surface area contributed by atoms with E-state index in [-0.39, 0.29) is 0 Å². The van der Waals surface area contributed by atoms with Gasteiger partial charge in [-0.1, -0.05) is 6.42 Å². The van der Waals surface area contributed by atoms with E-state index in [4.69, 9.17) is 5.73 Å². The maximum atomic E-state index is 5.89. The normalized spacial score (nSPS) is 26.8. The minimum Gasteiger partial charge on any atom is -0.368 e. The molecule has 3 heterocycles. The summed E-state index contributed by atoms with van der Waals surface area (Å²) < 4.78 is 0. The van der Waals surface area contributed by atoms with E-state index in [0.717, 1.165) is 23.1 Å². The molecular formula is C14H18N4S. The number of nitrogens with two attached hydrogens (primary N) is 1. The lowest BCUT2D eigenvalue weighted by atomic mass is 9.92.